The van der Waals surface area contributed by atoms with Crippen LogP contribution in [0.3, 0.4) is 0 Å². The number of carbonyl (C=O) groups excluding carboxylic acids is 2. The summed E-state index contributed by atoms with van der Waals surface area (Å²) in [6.45, 7) is 2.04. The van der Waals surface area contributed by atoms with Crippen molar-refractivity contribution in [1.82, 2.24) is 19.6 Å². The molecule has 150 valence electrons. The van der Waals surface area contributed by atoms with E-state index in [1.54, 1.807) is 59.0 Å². The summed E-state index contributed by atoms with van der Waals surface area (Å²) in [6.07, 6.45) is 4.88. The van der Waals surface area contributed by atoms with E-state index in [1.807, 2.05) is 30.3 Å². The van der Waals surface area contributed by atoms with E-state index in [2.05, 4.69) is 15.5 Å². The highest BCUT2D eigenvalue weighted by atomic mass is 16.5. The molecule has 30 heavy (non-hydrogen) atoms. The molecular weight excluding hydrogens is 382 g/mol. The topological polar surface area (TPSA) is 91.0 Å². The third kappa shape index (κ3) is 4.12. The lowest BCUT2D eigenvalue weighted by Crippen LogP contribution is -2.11. The molecule has 1 amide bonds. The smallest absolute Gasteiger partial charge is 0.358 e. The summed E-state index contributed by atoms with van der Waals surface area (Å²) in [5, 5.41) is 11.3. The van der Waals surface area contributed by atoms with Gasteiger partial charge in [0.2, 0.25) is 0 Å². The molecule has 0 aliphatic carbocycles. The standard InChI is InChI=1S/C22H19N5O3/c1-2-30-22(29)20-12-13-26(25-20)19-10-8-17(9-11-19)24-21(28)16-14-23-27(15-16)18-6-4-3-5-7-18/h3-15H,2H2,1H3,(H,24,28). The highest BCUT2D eigenvalue weighted by molar-refractivity contribution is 6.04. The van der Waals surface area contributed by atoms with Crippen molar-refractivity contribution in [2.45, 2.75) is 6.92 Å². The van der Waals surface area contributed by atoms with Crippen molar-refractivity contribution in [2.75, 3.05) is 11.9 Å². The van der Waals surface area contributed by atoms with E-state index < -0.39 is 5.97 Å². The number of para-hydroxylation sites is 1. The molecule has 4 aromatic rings. The van der Waals surface area contributed by atoms with Gasteiger partial charge in [-0.2, -0.15) is 10.2 Å². The molecule has 2 heterocycles. The number of rotatable bonds is 6. The van der Waals surface area contributed by atoms with E-state index in [9.17, 15) is 9.59 Å². The lowest BCUT2D eigenvalue weighted by molar-refractivity contribution is 0.0519. The van der Waals surface area contributed by atoms with Gasteiger partial charge in [-0.05, 0) is 49.4 Å². The molecule has 0 spiro atoms. The van der Waals surface area contributed by atoms with E-state index >= 15 is 0 Å². The van der Waals surface area contributed by atoms with Gasteiger partial charge in [0.15, 0.2) is 5.69 Å². The summed E-state index contributed by atoms with van der Waals surface area (Å²) in [5.41, 5.74) is 2.95. The van der Waals surface area contributed by atoms with Crippen LogP contribution in [0.5, 0.6) is 0 Å². The van der Waals surface area contributed by atoms with Crippen molar-refractivity contribution >= 4 is 17.6 Å². The van der Waals surface area contributed by atoms with Crippen LogP contribution in [0.25, 0.3) is 11.4 Å². The fraction of sp³-hybridized carbons (Fsp3) is 0.0909. The quantitative estimate of drug-likeness (QED) is 0.500. The summed E-state index contributed by atoms with van der Waals surface area (Å²) in [5.74, 6) is -0.718. The second-order valence-corrected chi connectivity index (χ2v) is 6.38. The van der Waals surface area contributed by atoms with Crippen LogP contribution in [-0.4, -0.2) is 38.0 Å². The molecule has 0 aliphatic heterocycles. The Kier molecular flexibility index (Phi) is 5.38. The van der Waals surface area contributed by atoms with Crippen LogP contribution in [0.2, 0.25) is 0 Å². The van der Waals surface area contributed by atoms with Crippen LogP contribution >= 0.6 is 0 Å². The van der Waals surface area contributed by atoms with Crippen LogP contribution < -0.4 is 5.32 Å². The van der Waals surface area contributed by atoms with Gasteiger partial charge in [0.05, 0.1) is 29.7 Å². The molecule has 2 aromatic heterocycles. The largest absolute Gasteiger partial charge is 0.461 e. The summed E-state index contributed by atoms with van der Waals surface area (Å²) in [7, 11) is 0. The minimum Gasteiger partial charge on any atom is -0.461 e. The van der Waals surface area contributed by atoms with Gasteiger partial charge in [-0.25, -0.2) is 14.2 Å². The first-order chi connectivity index (χ1) is 14.6. The summed E-state index contributed by atoms with van der Waals surface area (Å²) < 4.78 is 8.16. The van der Waals surface area contributed by atoms with Gasteiger partial charge in [0.25, 0.3) is 5.91 Å². The van der Waals surface area contributed by atoms with Gasteiger partial charge in [-0.1, -0.05) is 18.2 Å². The third-order valence-corrected chi connectivity index (χ3v) is 4.33. The number of hydrogen-bond donors (Lipinski definition) is 1. The van der Waals surface area contributed by atoms with E-state index in [0.29, 0.717) is 17.9 Å². The van der Waals surface area contributed by atoms with Crippen LogP contribution in [0.15, 0.2) is 79.3 Å². The van der Waals surface area contributed by atoms with E-state index in [0.717, 1.165) is 11.4 Å². The maximum Gasteiger partial charge on any atom is 0.358 e. The third-order valence-electron chi connectivity index (χ3n) is 4.33. The van der Waals surface area contributed by atoms with Gasteiger partial charge in [-0.15, -0.1) is 0 Å². The number of ether oxygens (including phenoxy) is 1. The average Bonchev–Trinajstić information content (AvgIpc) is 3.46. The Balaban J connectivity index is 1.43. The zero-order valence-electron chi connectivity index (χ0n) is 16.2. The van der Waals surface area contributed by atoms with Crippen LogP contribution in [-0.2, 0) is 4.74 Å². The highest BCUT2D eigenvalue weighted by Crippen LogP contribution is 2.15. The lowest BCUT2D eigenvalue weighted by atomic mass is 10.2. The van der Waals surface area contributed by atoms with E-state index in [4.69, 9.17) is 4.74 Å². The molecular formula is C22H19N5O3. The van der Waals surface area contributed by atoms with Crippen LogP contribution in [0.1, 0.15) is 27.8 Å². The molecule has 0 radical (unpaired) electrons. The minimum absolute atomic E-state index is 0.240. The van der Waals surface area contributed by atoms with Crippen molar-refractivity contribution in [2.24, 2.45) is 0 Å². The molecule has 4 rings (SSSR count). The maximum absolute atomic E-state index is 12.5. The number of benzene rings is 2. The lowest BCUT2D eigenvalue weighted by Gasteiger charge is -2.06. The normalized spacial score (nSPS) is 10.6. The predicted molar refractivity (Wildman–Crippen MR) is 111 cm³/mol. The zero-order chi connectivity index (χ0) is 20.9. The van der Waals surface area contributed by atoms with Crippen molar-refractivity contribution in [3.63, 3.8) is 0 Å². The fourth-order valence-corrected chi connectivity index (χ4v) is 2.84. The summed E-state index contributed by atoms with van der Waals surface area (Å²) >= 11 is 0. The first-order valence-electron chi connectivity index (χ1n) is 9.38. The molecule has 0 bridgehead atoms. The average molecular weight is 401 g/mol. The van der Waals surface area contributed by atoms with Crippen molar-refractivity contribution in [1.29, 1.82) is 0 Å². The molecule has 0 fully saturated rings. The molecule has 1 N–H and O–H groups in total. The highest BCUT2D eigenvalue weighted by Gasteiger charge is 2.12. The first kappa shape index (κ1) is 19.1. The number of carbonyl (C=O) groups is 2. The Morgan fingerprint density at radius 3 is 2.43 bits per heavy atom. The van der Waals surface area contributed by atoms with Crippen molar-refractivity contribution < 1.29 is 14.3 Å². The van der Waals surface area contributed by atoms with Crippen molar-refractivity contribution in [3.05, 3.63) is 90.5 Å². The number of nitrogens with zero attached hydrogens (tertiary/aromatic N) is 4. The van der Waals surface area contributed by atoms with Gasteiger partial charge in [-0.3, -0.25) is 4.79 Å². The van der Waals surface area contributed by atoms with Gasteiger partial charge in [0, 0.05) is 18.1 Å². The fourth-order valence-electron chi connectivity index (χ4n) is 2.84. The maximum atomic E-state index is 12.5. The monoisotopic (exact) mass is 401 g/mol. The Hall–Kier alpha value is -4.20. The SMILES string of the molecule is CCOC(=O)c1ccn(-c2ccc(NC(=O)c3cnn(-c4ccccc4)c3)cc2)n1. The number of esters is 1. The molecule has 8 nitrogen and oxygen atoms in total. The number of hydrogen-bond acceptors (Lipinski definition) is 5. The summed E-state index contributed by atoms with van der Waals surface area (Å²) in [6, 6.07) is 18.3. The molecule has 0 aliphatic rings. The molecule has 0 unspecified atom stereocenters. The van der Waals surface area contributed by atoms with Crippen LogP contribution in [0, 0.1) is 0 Å². The van der Waals surface area contributed by atoms with Crippen LogP contribution in [0.4, 0.5) is 5.69 Å². The molecule has 0 atom stereocenters. The molecule has 8 heteroatoms. The summed E-state index contributed by atoms with van der Waals surface area (Å²) in [4.78, 5) is 24.3. The van der Waals surface area contributed by atoms with Gasteiger partial charge in [0.1, 0.15) is 0 Å². The second kappa shape index (κ2) is 8.44. The minimum atomic E-state index is -0.462. The number of anilines is 1. The Morgan fingerprint density at radius 2 is 1.70 bits per heavy atom. The predicted octanol–water partition coefficient (Wildman–Crippen LogP) is 3.49. The molecule has 0 saturated heterocycles. The van der Waals surface area contributed by atoms with Gasteiger partial charge >= 0.3 is 5.97 Å². The van der Waals surface area contributed by atoms with E-state index in [-0.39, 0.29) is 11.6 Å². The first-order valence-corrected chi connectivity index (χ1v) is 9.38. The molecule has 0 saturated carbocycles. The zero-order valence-corrected chi connectivity index (χ0v) is 16.2. The number of amides is 1. The number of nitrogens with one attached hydrogen (secondary N) is 1. The Bertz CT molecular complexity index is 1160. The number of aromatic nitrogens is 4. The molecule has 2 aromatic carbocycles. The van der Waals surface area contributed by atoms with Gasteiger partial charge < -0.3 is 10.1 Å². The Labute approximate surface area is 172 Å². The van der Waals surface area contributed by atoms with E-state index in [1.165, 1.54) is 6.20 Å². The Morgan fingerprint density at radius 1 is 0.967 bits per heavy atom. The second-order valence-electron chi connectivity index (χ2n) is 6.38. The van der Waals surface area contributed by atoms with Crippen molar-refractivity contribution in [3.8, 4) is 11.4 Å².